The van der Waals surface area contributed by atoms with Crippen LogP contribution in [-0.2, 0) is 6.18 Å². The van der Waals surface area contributed by atoms with Crippen molar-refractivity contribution in [3.8, 4) is 17.1 Å². The highest BCUT2D eigenvalue weighted by molar-refractivity contribution is 5.73. The first-order valence-corrected chi connectivity index (χ1v) is 5.37. The lowest BCUT2D eigenvalue weighted by molar-refractivity contribution is -0.140. The van der Waals surface area contributed by atoms with E-state index in [1.807, 2.05) is 0 Å². The van der Waals surface area contributed by atoms with Crippen LogP contribution in [0.1, 0.15) is 16.1 Å². The van der Waals surface area contributed by atoms with E-state index >= 15 is 0 Å². The predicted molar refractivity (Wildman–Crippen MR) is 61.0 cm³/mol. The minimum absolute atomic E-state index is 0.115. The van der Waals surface area contributed by atoms with Crippen molar-refractivity contribution in [2.24, 2.45) is 0 Å². The Morgan fingerprint density at radius 1 is 1.25 bits per heavy atom. The molecular formula is C13H8F4O3. The van der Waals surface area contributed by atoms with E-state index < -0.39 is 23.1 Å². The molecule has 0 fully saturated rings. The number of rotatable bonds is 3. The Bertz CT molecular complexity index is 644. The van der Waals surface area contributed by atoms with Crippen molar-refractivity contribution in [1.82, 2.24) is 0 Å². The average molecular weight is 288 g/mol. The summed E-state index contributed by atoms with van der Waals surface area (Å²) in [6.07, 6.45) is -4.50. The molecule has 3 nitrogen and oxygen atoms in total. The van der Waals surface area contributed by atoms with Crippen LogP contribution < -0.4 is 4.74 Å². The molecule has 1 aromatic heterocycles. The fourth-order valence-electron chi connectivity index (χ4n) is 1.66. The molecule has 20 heavy (non-hydrogen) atoms. The van der Waals surface area contributed by atoms with Gasteiger partial charge in [-0.15, -0.1) is 0 Å². The van der Waals surface area contributed by atoms with Crippen molar-refractivity contribution in [3.63, 3.8) is 0 Å². The molecule has 0 spiro atoms. The fourth-order valence-corrected chi connectivity index (χ4v) is 1.66. The molecule has 0 bridgehead atoms. The molecule has 0 saturated heterocycles. The number of aldehydes is 1. The molecule has 0 aliphatic rings. The molecule has 0 amide bonds. The van der Waals surface area contributed by atoms with Crippen LogP contribution in [0.15, 0.2) is 28.7 Å². The zero-order valence-corrected chi connectivity index (χ0v) is 10.1. The minimum atomic E-state index is -4.87. The Kier molecular flexibility index (Phi) is 3.52. The van der Waals surface area contributed by atoms with Crippen LogP contribution in [-0.4, -0.2) is 13.4 Å². The van der Waals surface area contributed by atoms with Crippen LogP contribution in [0.2, 0.25) is 0 Å². The van der Waals surface area contributed by atoms with E-state index in [1.165, 1.54) is 12.1 Å². The average Bonchev–Trinajstić information content (AvgIpc) is 2.86. The zero-order chi connectivity index (χ0) is 14.9. The van der Waals surface area contributed by atoms with E-state index in [0.717, 1.165) is 13.2 Å². The van der Waals surface area contributed by atoms with Crippen LogP contribution in [0, 0.1) is 5.82 Å². The summed E-state index contributed by atoms with van der Waals surface area (Å²) in [5, 5.41) is 0. The predicted octanol–water partition coefficient (Wildman–Crippen LogP) is 3.93. The molecule has 1 heterocycles. The number of carbonyl (C=O) groups excluding carboxylic acids is 1. The minimum Gasteiger partial charge on any atom is -0.497 e. The quantitative estimate of drug-likeness (QED) is 0.634. The van der Waals surface area contributed by atoms with Crippen LogP contribution >= 0.6 is 0 Å². The molecule has 0 unspecified atom stereocenters. The molecule has 106 valence electrons. The highest BCUT2D eigenvalue weighted by atomic mass is 19.4. The van der Waals surface area contributed by atoms with Gasteiger partial charge in [-0.05, 0) is 24.3 Å². The van der Waals surface area contributed by atoms with Crippen LogP contribution in [0.4, 0.5) is 17.6 Å². The maximum Gasteiger partial charge on any atom is 0.419 e. The third-order valence-corrected chi connectivity index (χ3v) is 2.60. The van der Waals surface area contributed by atoms with Crippen molar-refractivity contribution in [3.05, 3.63) is 41.4 Å². The van der Waals surface area contributed by atoms with Gasteiger partial charge in [-0.3, -0.25) is 4.79 Å². The first kappa shape index (κ1) is 14.1. The number of benzene rings is 1. The molecule has 7 heteroatoms. The Morgan fingerprint density at radius 3 is 2.45 bits per heavy atom. The Hall–Kier alpha value is -2.31. The van der Waals surface area contributed by atoms with Gasteiger partial charge in [0, 0.05) is 0 Å². The molecule has 0 aliphatic heterocycles. The lowest BCUT2D eigenvalue weighted by atomic mass is 10.1. The van der Waals surface area contributed by atoms with Gasteiger partial charge < -0.3 is 9.15 Å². The first-order valence-electron chi connectivity index (χ1n) is 5.37. The van der Waals surface area contributed by atoms with Gasteiger partial charge in [0.25, 0.3) is 0 Å². The van der Waals surface area contributed by atoms with E-state index in [-0.39, 0.29) is 17.3 Å². The van der Waals surface area contributed by atoms with Crippen LogP contribution in [0.5, 0.6) is 5.75 Å². The number of furan rings is 1. The molecule has 0 aliphatic carbocycles. The molecule has 1 aromatic carbocycles. The maximum atomic E-state index is 14.0. The second kappa shape index (κ2) is 4.99. The van der Waals surface area contributed by atoms with Gasteiger partial charge in [-0.25, -0.2) is 4.39 Å². The monoisotopic (exact) mass is 288 g/mol. The Morgan fingerprint density at radius 2 is 1.95 bits per heavy atom. The van der Waals surface area contributed by atoms with E-state index in [9.17, 15) is 22.4 Å². The summed E-state index contributed by atoms with van der Waals surface area (Å²) in [6, 6.07) is 4.07. The number of hydrogen-bond donors (Lipinski definition) is 0. The normalized spacial score (nSPS) is 11.4. The number of methoxy groups -OCH3 is 1. The van der Waals surface area contributed by atoms with E-state index in [4.69, 9.17) is 9.15 Å². The lowest BCUT2D eigenvalue weighted by Gasteiger charge is -2.12. The second-order valence-corrected chi connectivity index (χ2v) is 3.85. The number of ether oxygens (including phenoxy) is 1. The Labute approximate surface area is 110 Å². The summed E-state index contributed by atoms with van der Waals surface area (Å²) >= 11 is 0. The third-order valence-electron chi connectivity index (χ3n) is 2.60. The first-order chi connectivity index (χ1) is 9.36. The second-order valence-electron chi connectivity index (χ2n) is 3.85. The summed E-state index contributed by atoms with van der Waals surface area (Å²) in [7, 11) is 1.16. The van der Waals surface area contributed by atoms with Gasteiger partial charge in [0.2, 0.25) is 0 Å². The van der Waals surface area contributed by atoms with Gasteiger partial charge in [-0.2, -0.15) is 13.2 Å². The summed E-state index contributed by atoms with van der Waals surface area (Å²) in [5.41, 5.74) is -1.89. The smallest absolute Gasteiger partial charge is 0.419 e. The van der Waals surface area contributed by atoms with Crippen molar-refractivity contribution in [1.29, 1.82) is 0 Å². The molecule has 0 N–H and O–H groups in total. The topological polar surface area (TPSA) is 39.4 Å². The van der Waals surface area contributed by atoms with E-state index in [0.29, 0.717) is 12.4 Å². The molecule has 2 aromatic rings. The molecule has 0 saturated carbocycles. The van der Waals surface area contributed by atoms with E-state index in [2.05, 4.69) is 0 Å². The van der Waals surface area contributed by atoms with Crippen molar-refractivity contribution < 1.29 is 31.5 Å². The summed E-state index contributed by atoms with van der Waals surface area (Å²) in [4.78, 5) is 10.5. The van der Waals surface area contributed by atoms with Crippen molar-refractivity contribution >= 4 is 6.29 Å². The summed E-state index contributed by atoms with van der Waals surface area (Å²) < 4.78 is 61.9. The van der Waals surface area contributed by atoms with Gasteiger partial charge in [0.1, 0.15) is 17.3 Å². The third kappa shape index (κ3) is 2.52. The highest BCUT2D eigenvalue weighted by Crippen LogP contribution is 2.38. The Balaban J connectivity index is 2.66. The van der Waals surface area contributed by atoms with Gasteiger partial charge in [0.15, 0.2) is 12.0 Å². The zero-order valence-electron chi connectivity index (χ0n) is 10.1. The maximum absolute atomic E-state index is 14.0. The van der Waals surface area contributed by atoms with Crippen molar-refractivity contribution in [2.45, 2.75) is 6.18 Å². The summed E-state index contributed by atoms with van der Waals surface area (Å²) in [6.45, 7) is 0. The molecular weight excluding hydrogens is 280 g/mol. The van der Waals surface area contributed by atoms with Gasteiger partial charge >= 0.3 is 6.18 Å². The lowest BCUT2D eigenvalue weighted by Crippen LogP contribution is -2.09. The highest BCUT2D eigenvalue weighted by Gasteiger charge is 2.36. The van der Waals surface area contributed by atoms with E-state index in [1.54, 1.807) is 0 Å². The SMILES string of the molecule is COc1cc(-c2ccc(C=O)o2)c(F)c(C(F)(F)F)c1. The molecule has 0 atom stereocenters. The largest absolute Gasteiger partial charge is 0.497 e. The number of carbonyl (C=O) groups is 1. The summed E-state index contributed by atoms with van der Waals surface area (Å²) in [5.74, 6) is -1.95. The fraction of sp³-hybridized carbons (Fsp3) is 0.154. The standard InChI is InChI=1S/C13H8F4O3/c1-19-8-4-9(11-3-2-7(6-18)20-11)12(14)10(5-8)13(15,16)17/h2-6H,1H3. The van der Waals surface area contributed by atoms with Gasteiger partial charge in [-0.1, -0.05) is 0 Å². The van der Waals surface area contributed by atoms with Gasteiger partial charge in [0.05, 0.1) is 18.2 Å². The van der Waals surface area contributed by atoms with Crippen LogP contribution in [0.3, 0.4) is 0 Å². The molecule has 2 rings (SSSR count). The number of hydrogen-bond acceptors (Lipinski definition) is 3. The molecule has 0 radical (unpaired) electrons. The number of halogens is 4. The van der Waals surface area contributed by atoms with Crippen LogP contribution in [0.25, 0.3) is 11.3 Å². The van der Waals surface area contributed by atoms with Crippen molar-refractivity contribution in [2.75, 3.05) is 7.11 Å². The number of alkyl halides is 3.